The first-order valence-corrected chi connectivity index (χ1v) is 6.38. The third-order valence-corrected chi connectivity index (χ3v) is 2.40. The fourth-order valence-corrected chi connectivity index (χ4v) is 1.85. The number of nitrogens with one attached hydrogen (secondary N) is 1. The van der Waals surface area contributed by atoms with E-state index >= 15 is 0 Å². The molecule has 0 aliphatic heterocycles. The third kappa shape index (κ3) is 17.9. The second-order valence-corrected chi connectivity index (χ2v) is 4.73. The number of carbonyl (C=O) groups excluding carboxylic acids is 1. The molecule has 3 nitrogen and oxygen atoms in total. The molecule has 1 unspecified atom stereocenters. The molecule has 0 saturated carbocycles. The molecule has 0 heterocycles. The maximum atomic E-state index is 8.00. The Bertz CT molecular complexity index is 158. The summed E-state index contributed by atoms with van der Waals surface area (Å²) in [6, 6.07) is 0. The Morgan fingerprint density at radius 2 is 1.76 bits per heavy atom. The van der Waals surface area contributed by atoms with Crippen molar-refractivity contribution >= 4 is 13.5 Å². The van der Waals surface area contributed by atoms with Crippen LogP contribution in [0.2, 0.25) is 0 Å². The van der Waals surface area contributed by atoms with E-state index in [2.05, 4.69) is 37.8 Å². The molecule has 0 rings (SSSR count). The fourth-order valence-electron chi connectivity index (χ4n) is 1.85. The lowest BCUT2D eigenvalue weighted by atomic mass is 9.80. The zero-order valence-corrected chi connectivity index (χ0v) is 12.7. The fraction of sp³-hybridized carbons (Fsp3) is 0.857. The number of aliphatic imine (C=N–C) groups is 1. The summed E-state index contributed by atoms with van der Waals surface area (Å²) < 4.78 is 0. The SMILES string of the molecule is C=NCCC(C)(C)CC(C)CNC.C=O.CC. The van der Waals surface area contributed by atoms with Gasteiger partial charge in [0.1, 0.15) is 6.79 Å². The summed E-state index contributed by atoms with van der Waals surface area (Å²) in [6.07, 6.45) is 2.40. The van der Waals surface area contributed by atoms with E-state index in [9.17, 15) is 0 Å². The van der Waals surface area contributed by atoms with Gasteiger partial charge in [-0.25, -0.2) is 0 Å². The molecule has 0 saturated heterocycles. The average molecular weight is 244 g/mol. The van der Waals surface area contributed by atoms with Crippen molar-refractivity contribution in [2.45, 2.75) is 47.5 Å². The van der Waals surface area contributed by atoms with E-state index in [-0.39, 0.29) is 0 Å². The molecule has 0 spiro atoms. The molecule has 3 heteroatoms. The van der Waals surface area contributed by atoms with Gasteiger partial charge in [0, 0.05) is 6.54 Å². The molecule has 104 valence electrons. The van der Waals surface area contributed by atoms with Crippen LogP contribution in [-0.4, -0.2) is 33.6 Å². The van der Waals surface area contributed by atoms with Crippen LogP contribution in [0.3, 0.4) is 0 Å². The minimum absolute atomic E-state index is 0.400. The minimum atomic E-state index is 0.400. The third-order valence-electron chi connectivity index (χ3n) is 2.40. The van der Waals surface area contributed by atoms with Crippen LogP contribution in [0.25, 0.3) is 0 Å². The van der Waals surface area contributed by atoms with Crippen molar-refractivity contribution in [1.82, 2.24) is 5.32 Å². The van der Waals surface area contributed by atoms with E-state index in [1.807, 2.05) is 27.7 Å². The topological polar surface area (TPSA) is 41.5 Å². The average Bonchev–Trinajstić information content (AvgIpc) is 2.31. The number of carbonyl (C=O) groups is 1. The van der Waals surface area contributed by atoms with Gasteiger partial charge in [-0.2, -0.15) is 0 Å². The van der Waals surface area contributed by atoms with Gasteiger partial charge in [0.2, 0.25) is 0 Å². The van der Waals surface area contributed by atoms with E-state index in [1.54, 1.807) is 0 Å². The molecule has 0 fully saturated rings. The number of nitrogens with zero attached hydrogens (tertiary/aromatic N) is 1. The Kier molecular flexibility index (Phi) is 19.4. The molecule has 0 aromatic heterocycles. The highest BCUT2D eigenvalue weighted by molar-refractivity contribution is 5.23. The molecular weight excluding hydrogens is 212 g/mol. The van der Waals surface area contributed by atoms with Gasteiger partial charge in [-0.1, -0.05) is 34.6 Å². The van der Waals surface area contributed by atoms with Crippen LogP contribution in [0.15, 0.2) is 4.99 Å². The van der Waals surface area contributed by atoms with Gasteiger partial charge in [-0.15, -0.1) is 0 Å². The van der Waals surface area contributed by atoms with E-state index in [4.69, 9.17) is 4.79 Å². The second kappa shape index (κ2) is 15.3. The van der Waals surface area contributed by atoms with Gasteiger partial charge in [0.05, 0.1) is 0 Å². The Morgan fingerprint density at radius 1 is 1.29 bits per heavy atom. The molecule has 0 amide bonds. The van der Waals surface area contributed by atoms with E-state index in [0.717, 1.165) is 25.4 Å². The van der Waals surface area contributed by atoms with E-state index < -0.39 is 0 Å². The van der Waals surface area contributed by atoms with Gasteiger partial charge >= 0.3 is 0 Å². The lowest BCUT2D eigenvalue weighted by molar-refractivity contribution is -0.0979. The maximum Gasteiger partial charge on any atom is 0.106 e. The predicted molar refractivity (Wildman–Crippen MR) is 79.0 cm³/mol. The van der Waals surface area contributed by atoms with Gasteiger partial charge in [-0.3, -0.25) is 0 Å². The highest BCUT2D eigenvalue weighted by Crippen LogP contribution is 2.28. The maximum absolute atomic E-state index is 8.00. The van der Waals surface area contributed by atoms with Crippen molar-refractivity contribution < 1.29 is 4.79 Å². The summed E-state index contributed by atoms with van der Waals surface area (Å²) in [5.74, 6) is 0.741. The zero-order chi connectivity index (χ0) is 14.3. The molecule has 0 aliphatic rings. The lowest BCUT2D eigenvalue weighted by Gasteiger charge is -2.27. The first-order chi connectivity index (χ1) is 8.02. The number of hydrogen-bond acceptors (Lipinski definition) is 3. The summed E-state index contributed by atoms with van der Waals surface area (Å²) in [5.41, 5.74) is 0.400. The van der Waals surface area contributed by atoms with Crippen molar-refractivity contribution in [3.8, 4) is 0 Å². The normalized spacial score (nSPS) is 11.4. The molecule has 0 aromatic rings. The summed E-state index contributed by atoms with van der Waals surface area (Å²) in [6.45, 7) is 18.4. The molecule has 0 bridgehead atoms. The Hall–Kier alpha value is -0.700. The van der Waals surface area contributed by atoms with Crippen molar-refractivity contribution in [3.63, 3.8) is 0 Å². The number of rotatable bonds is 7. The predicted octanol–water partition coefficient (Wildman–Crippen LogP) is 3.19. The summed E-state index contributed by atoms with van der Waals surface area (Å²) in [4.78, 5) is 11.9. The highest BCUT2D eigenvalue weighted by atomic mass is 16.1. The van der Waals surface area contributed by atoms with Gasteiger partial charge in [-0.05, 0) is 44.5 Å². The second-order valence-electron chi connectivity index (χ2n) is 4.73. The molecule has 0 radical (unpaired) electrons. The van der Waals surface area contributed by atoms with E-state index in [1.165, 1.54) is 6.42 Å². The van der Waals surface area contributed by atoms with Crippen LogP contribution in [0, 0.1) is 11.3 Å². The minimum Gasteiger partial charge on any atom is -0.319 e. The quantitative estimate of drug-likeness (QED) is 0.699. The summed E-state index contributed by atoms with van der Waals surface area (Å²) in [5, 5.41) is 3.21. The van der Waals surface area contributed by atoms with Crippen LogP contribution >= 0.6 is 0 Å². The van der Waals surface area contributed by atoms with Crippen LogP contribution in [-0.2, 0) is 4.79 Å². The molecular formula is C14H32N2O. The Labute approximate surface area is 108 Å². The molecule has 1 N–H and O–H groups in total. The number of hydrogen-bond donors (Lipinski definition) is 1. The molecule has 0 aromatic carbocycles. The van der Waals surface area contributed by atoms with Crippen LogP contribution < -0.4 is 5.32 Å². The van der Waals surface area contributed by atoms with Gasteiger partial charge in [0.25, 0.3) is 0 Å². The van der Waals surface area contributed by atoms with Crippen molar-refractivity contribution in [3.05, 3.63) is 0 Å². The summed E-state index contributed by atoms with van der Waals surface area (Å²) in [7, 11) is 2.01. The van der Waals surface area contributed by atoms with Gasteiger partial charge in [0.15, 0.2) is 0 Å². The van der Waals surface area contributed by atoms with Crippen LogP contribution in [0.5, 0.6) is 0 Å². The summed E-state index contributed by atoms with van der Waals surface area (Å²) >= 11 is 0. The zero-order valence-electron chi connectivity index (χ0n) is 12.7. The largest absolute Gasteiger partial charge is 0.319 e. The van der Waals surface area contributed by atoms with E-state index in [0.29, 0.717) is 5.41 Å². The molecule has 17 heavy (non-hydrogen) atoms. The molecule has 1 atom stereocenters. The molecule has 0 aliphatic carbocycles. The van der Waals surface area contributed by atoms with Crippen LogP contribution in [0.4, 0.5) is 0 Å². The monoisotopic (exact) mass is 244 g/mol. The Balaban J connectivity index is -0.000000439. The van der Waals surface area contributed by atoms with Crippen molar-refractivity contribution in [1.29, 1.82) is 0 Å². The van der Waals surface area contributed by atoms with Crippen molar-refractivity contribution in [2.75, 3.05) is 20.1 Å². The first-order valence-electron chi connectivity index (χ1n) is 6.38. The van der Waals surface area contributed by atoms with Crippen LogP contribution in [0.1, 0.15) is 47.5 Å². The Morgan fingerprint density at radius 3 is 2.12 bits per heavy atom. The highest BCUT2D eigenvalue weighted by Gasteiger charge is 2.19. The lowest BCUT2D eigenvalue weighted by Crippen LogP contribution is -2.23. The van der Waals surface area contributed by atoms with Crippen molar-refractivity contribution in [2.24, 2.45) is 16.3 Å². The standard InChI is InChI=1S/C11H24N2.C2H6.CH2O/c1-10(9-13-5)8-11(2,3)6-7-12-4;2*1-2/h10,13H,4,6-9H2,1-3,5H3;1-2H3;1H2. The smallest absolute Gasteiger partial charge is 0.106 e. The van der Waals surface area contributed by atoms with Gasteiger partial charge < -0.3 is 15.1 Å². The first kappa shape index (κ1) is 21.6.